The Balaban J connectivity index is 0.000000445. The molecule has 202 valence electrons. The second kappa shape index (κ2) is 11.4. The molecule has 13 heteroatoms. The van der Waals surface area contributed by atoms with Gasteiger partial charge >= 0.3 is 27.1 Å². The van der Waals surface area contributed by atoms with Crippen molar-refractivity contribution < 1.29 is 54.3 Å². The van der Waals surface area contributed by atoms with Crippen molar-refractivity contribution >= 4 is 14.8 Å². The first-order valence-corrected chi connectivity index (χ1v) is 13.6. The number of carbonyl (C=O) groups excluding carboxylic acids is 1. The van der Waals surface area contributed by atoms with Gasteiger partial charge in [0.05, 0.1) is 5.92 Å². The smallest absolute Gasteiger partial charge is 0.456 e. The van der Waals surface area contributed by atoms with Crippen LogP contribution in [0.4, 0.5) is 26.3 Å². The van der Waals surface area contributed by atoms with Crippen LogP contribution in [0.15, 0.2) is 0 Å². The fourth-order valence-corrected chi connectivity index (χ4v) is 6.51. The standard InChI is InChI=1S/C14H18F6O3.C7H18O3Si/c1-11(2,12(22,13(15,16)17)14(18,19)20)23-10(21)9-6-7-3-4-8(9)5-7;1-5-8-11(4,9-6-2)10-7-3/h7-9,22H,3-6H2,1-2H3;5-7H2,1-4H3. The molecule has 0 saturated heterocycles. The molecule has 2 fully saturated rings. The van der Waals surface area contributed by atoms with E-state index in [1.165, 1.54) is 0 Å². The van der Waals surface area contributed by atoms with Gasteiger partial charge in [-0.05, 0) is 65.7 Å². The van der Waals surface area contributed by atoms with Gasteiger partial charge in [-0.3, -0.25) is 4.79 Å². The summed E-state index contributed by atoms with van der Waals surface area (Å²) in [7, 11) is -2.25. The number of ether oxygens (including phenoxy) is 1. The fourth-order valence-electron chi connectivity index (χ4n) is 4.69. The van der Waals surface area contributed by atoms with E-state index >= 15 is 0 Å². The quantitative estimate of drug-likeness (QED) is 0.251. The molecular weight excluding hydrogens is 490 g/mol. The van der Waals surface area contributed by atoms with Gasteiger partial charge in [-0.1, -0.05) is 6.42 Å². The van der Waals surface area contributed by atoms with Gasteiger partial charge in [-0.25, -0.2) is 0 Å². The van der Waals surface area contributed by atoms with Crippen LogP contribution in [0, 0.1) is 17.8 Å². The zero-order chi connectivity index (χ0) is 26.6. The van der Waals surface area contributed by atoms with Crippen molar-refractivity contribution in [2.75, 3.05) is 19.8 Å². The molecule has 2 rings (SSSR count). The Morgan fingerprint density at radius 1 is 0.882 bits per heavy atom. The second-order valence-corrected chi connectivity index (χ2v) is 11.7. The van der Waals surface area contributed by atoms with E-state index in [1.54, 1.807) is 0 Å². The van der Waals surface area contributed by atoms with Gasteiger partial charge in [-0.2, -0.15) is 26.3 Å². The van der Waals surface area contributed by atoms with Gasteiger partial charge in [0.25, 0.3) is 5.60 Å². The van der Waals surface area contributed by atoms with Crippen molar-refractivity contribution in [3.8, 4) is 0 Å². The molecule has 6 nitrogen and oxygen atoms in total. The number of fused-ring (bicyclic) bond motifs is 2. The van der Waals surface area contributed by atoms with Gasteiger partial charge in [0.1, 0.15) is 0 Å². The largest absolute Gasteiger partial charge is 0.497 e. The average molecular weight is 527 g/mol. The summed E-state index contributed by atoms with van der Waals surface area (Å²) < 4.78 is 98.3. The minimum Gasteiger partial charge on any atom is -0.456 e. The maximum atomic E-state index is 12.9. The van der Waals surface area contributed by atoms with Gasteiger partial charge in [0.2, 0.25) is 0 Å². The SMILES string of the molecule is CC(C)(OC(=O)C1CC2CCC1C2)C(O)(C(F)(F)F)C(F)(F)F.CCO[Si](C)(OCC)OCC. The van der Waals surface area contributed by atoms with E-state index in [1.807, 2.05) is 27.3 Å². The monoisotopic (exact) mass is 526 g/mol. The highest BCUT2D eigenvalue weighted by Crippen LogP contribution is 2.53. The number of rotatable bonds is 9. The molecule has 0 amide bonds. The van der Waals surface area contributed by atoms with Gasteiger partial charge in [0.15, 0.2) is 5.60 Å². The lowest BCUT2D eigenvalue weighted by Crippen LogP contribution is -2.70. The van der Waals surface area contributed by atoms with Crippen molar-refractivity contribution in [2.24, 2.45) is 17.8 Å². The van der Waals surface area contributed by atoms with E-state index in [-0.39, 0.29) is 11.8 Å². The average Bonchev–Trinajstić information content (AvgIpc) is 3.29. The molecular formula is C21H36F6O6Si. The van der Waals surface area contributed by atoms with E-state index in [4.69, 9.17) is 13.3 Å². The Labute approximate surface area is 197 Å². The molecule has 34 heavy (non-hydrogen) atoms. The summed E-state index contributed by atoms with van der Waals surface area (Å²) in [5, 5.41) is 9.41. The van der Waals surface area contributed by atoms with Crippen LogP contribution in [0.2, 0.25) is 6.55 Å². The van der Waals surface area contributed by atoms with Crippen molar-refractivity contribution in [2.45, 2.75) is 90.4 Å². The number of halogens is 6. The molecule has 0 aliphatic heterocycles. The molecule has 0 aromatic carbocycles. The third kappa shape index (κ3) is 6.86. The lowest BCUT2D eigenvalue weighted by molar-refractivity contribution is -0.407. The number of hydrogen-bond donors (Lipinski definition) is 1. The minimum atomic E-state index is -6.04. The molecule has 0 spiro atoms. The predicted molar refractivity (Wildman–Crippen MR) is 113 cm³/mol. The topological polar surface area (TPSA) is 74.2 Å². The molecule has 3 unspecified atom stereocenters. The highest BCUT2D eigenvalue weighted by atomic mass is 28.4. The van der Waals surface area contributed by atoms with Crippen LogP contribution in [0.25, 0.3) is 0 Å². The highest BCUT2D eigenvalue weighted by molar-refractivity contribution is 6.59. The summed E-state index contributed by atoms with van der Waals surface area (Å²) in [6.45, 7) is 10.6. The van der Waals surface area contributed by atoms with Gasteiger partial charge in [0, 0.05) is 26.4 Å². The van der Waals surface area contributed by atoms with Crippen LogP contribution in [0.3, 0.4) is 0 Å². The number of esters is 1. The first-order chi connectivity index (χ1) is 15.4. The predicted octanol–water partition coefficient (Wildman–Crippen LogP) is 5.26. The van der Waals surface area contributed by atoms with Crippen molar-refractivity contribution in [1.29, 1.82) is 0 Å². The zero-order valence-corrected chi connectivity index (χ0v) is 21.4. The Morgan fingerprint density at radius 2 is 1.32 bits per heavy atom. The Bertz CT molecular complexity index is 638. The fraction of sp³-hybridized carbons (Fsp3) is 0.952. The summed E-state index contributed by atoms with van der Waals surface area (Å²) in [5.74, 6) is -1.59. The molecule has 2 bridgehead atoms. The van der Waals surface area contributed by atoms with Crippen LogP contribution in [0.5, 0.6) is 0 Å². The first kappa shape index (κ1) is 31.1. The number of alkyl halides is 6. The molecule has 2 aliphatic carbocycles. The summed E-state index contributed by atoms with van der Waals surface area (Å²) >= 11 is 0. The lowest BCUT2D eigenvalue weighted by atomic mass is 9.83. The Hall–Kier alpha value is -0.893. The van der Waals surface area contributed by atoms with E-state index in [0.29, 0.717) is 46.5 Å². The van der Waals surface area contributed by atoms with Crippen molar-refractivity contribution in [3.05, 3.63) is 0 Å². The van der Waals surface area contributed by atoms with E-state index in [9.17, 15) is 36.2 Å². The molecule has 2 saturated carbocycles. The molecule has 0 aromatic rings. The van der Waals surface area contributed by atoms with Crippen LogP contribution in [-0.2, 0) is 22.8 Å². The second-order valence-electron chi connectivity index (χ2n) is 9.08. The maximum absolute atomic E-state index is 12.9. The highest BCUT2D eigenvalue weighted by Gasteiger charge is 2.78. The van der Waals surface area contributed by atoms with Crippen LogP contribution < -0.4 is 0 Å². The van der Waals surface area contributed by atoms with E-state index in [0.717, 1.165) is 12.8 Å². The van der Waals surface area contributed by atoms with Crippen LogP contribution in [-0.4, -0.2) is 63.3 Å². The third-order valence-electron chi connectivity index (χ3n) is 6.31. The Kier molecular flexibility index (Phi) is 10.5. The summed E-state index contributed by atoms with van der Waals surface area (Å²) in [6, 6.07) is 0. The first-order valence-electron chi connectivity index (χ1n) is 11.4. The van der Waals surface area contributed by atoms with Crippen molar-refractivity contribution in [3.63, 3.8) is 0 Å². The van der Waals surface area contributed by atoms with E-state index < -0.39 is 44.2 Å². The molecule has 1 N–H and O–H groups in total. The molecule has 2 aliphatic rings. The maximum Gasteiger partial charge on any atom is 0.497 e. The summed E-state index contributed by atoms with van der Waals surface area (Å²) in [6.07, 6.45) is -9.30. The zero-order valence-electron chi connectivity index (χ0n) is 20.4. The minimum absolute atomic E-state index is 0.0619. The number of hydrogen-bond acceptors (Lipinski definition) is 6. The summed E-state index contributed by atoms with van der Waals surface area (Å²) in [4.78, 5) is 12.1. The molecule has 3 atom stereocenters. The molecule has 0 heterocycles. The number of carbonyl (C=O) groups is 1. The van der Waals surface area contributed by atoms with Crippen LogP contribution >= 0.6 is 0 Å². The normalized spacial score (nSPS) is 23.5. The molecule has 0 aromatic heterocycles. The molecule has 0 radical (unpaired) electrons. The lowest BCUT2D eigenvalue weighted by Gasteiger charge is -2.43. The van der Waals surface area contributed by atoms with Crippen LogP contribution in [0.1, 0.15) is 60.3 Å². The number of aliphatic hydroxyl groups is 1. The van der Waals surface area contributed by atoms with E-state index in [2.05, 4.69) is 4.74 Å². The van der Waals surface area contributed by atoms with Gasteiger partial charge in [-0.15, -0.1) is 0 Å². The third-order valence-corrected chi connectivity index (χ3v) is 8.75. The Morgan fingerprint density at radius 3 is 1.62 bits per heavy atom. The van der Waals surface area contributed by atoms with Crippen molar-refractivity contribution in [1.82, 2.24) is 0 Å². The van der Waals surface area contributed by atoms with Gasteiger partial charge < -0.3 is 23.1 Å². The summed E-state index contributed by atoms with van der Waals surface area (Å²) in [5.41, 5.74) is -8.33.